The fraction of sp³-hybridized carbons (Fsp3) is 0.846. The van der Waals surface area contributed by atoms with Crippen molar-refractivity contribution in [2.75, 3.05) is 32.8 Å². The van der Waals surface area contributed by atoms with E-state index in [1.54, 1.807) is 11.8 Å². The second-order valence-electron chi connectivity index (χ2n) is 5.65. The van der Waals surface area contributed by atoms with Crippen molar-refractivity contribution < 1.29 is 19.4 Å². The molecule has 0 aromatic heterocycles. The van der Waals surface area contributed by atoms with Crippen molar-refractivity contribution in [2.45, 2.75) is 32.3 Å². The molecular weight excluding hydrogens is 248 g/mol. The van der Waals surface area contributed by atoms with Crippen molar-refractivity contribution in [1.29, 1.82) is 0 Å². The molecule has 0 spiro atoms. The van der Waals surface area contributed by atoms with Crippen molar-refractivity contribution >= 4 is 11.9 Å². The predicted molar refractivity (Wildman–Crippen MR) is 68.8 cm³/mol. The van der Waals surface area contributed by atoms with Gasteiger partial charge in [0, 0.05) is 26.2 Å². The molecule has 2 aliphatic rings. The Morgan fingerprint density at radius 1 is 1.42 bits per heavy atom. The topological polar surface area (TPSA) is 78.9 Å². The largest absolute Gasteiger partial charge is 0.481 e. The minimum atomic E-state index is -0.764. The number of likely N-dealkylation sites (tertiary alicyclic amines) is 1. The molecule has 19 heavy (non-hydrogen) atoms. The van der Waals surface area contributed by atoms with E-state index in [4.69, 9.17) is 9.84 Å². The molecule has 1 unspecified atom stereocenters. The Morgan fingerprint density at radius 2 is 2.11 bits per heavy atom. The molecule has 6 nitrogen and oxygen atoms in total. The number of nitrogens with zero attached hydrogens (tertiary/aromatic N) is 1. The number of aliphatic carboxylic acids is 1. The first-order valence-corrected chi connectivity index (χ1v) is 6.85. The highest BCUT2D eigenvalue weighted by Gasteiger charge is 2.38. The number of carbonyl (C=O) groups is 2. The van der Waals surface area contributed by atoms with E-state index in [-0.39, 0.29) is 12.0 Å². The summed E-state index contributed by atoms with van der Waals surface area (Å²) in [6, 6.07) is 0. The summed E-state index contributed by atoms with van der Waals surface area (Å²) in [4.78, 5) is 25.0. The Labute approximate surface area is 113 Å². The van der Waals surface area contributed by atoms with Gasteiger partial charge in [-0.05, 0) is 19.8 Å². The maximum absolute atomic E-state index is 12.1. The molecule has 6 heteroatoms. The van der Waals surface area contributed by atoms with Crippen LogP contribution in [0.3, 0.4) is 0 Å². The molecule has 0 bridgehead atoms. The summed E-state index contributed by atoms with van der Waals surface area (Å²) in [6.07, 6.45) is 1.39. The minimum absolute atomic E-state index is 0.0472. The smallest absolute Gasteiger partial charge is 0.309 e. The number of carboxylic acid groups (broad SMARTS) is 1. The molecule has 2 N–H and O–H groups in total. The van der Waals surface area contributed by atoms with E-state index in [9.17, 15) is 9.59 Å². The van der Waals surface area contributed by atoms with Crippen LogP contribution in [0, 0.1) is 5.41 Å². The first-order valence-electron chi connectivity index (χ1n) is 6.85. The Balaban J connectivity index is 1.80. The molecular formula is C13H22N2O4. The highest BCUT2D eigenvalue weighted by Crippen LogP contribution is 2.31. The number of nitrogens with one attached hydrogen (secondary N) is 1. The van der Waals surface area contributed by atoms with Gasteiger partial charge in [0.25, 0.3) is 0 Å². The second kappa shape index (κ2) is 5.88. The Bertz CT molecular complexity index is 345. The minimum Gasteiger partial charge on any atom is -0.481 e. The van der Waals surface area contributed by atoms with Gasteiger partial charge in [0.05, 0.1) is 24.5 Å². The zero-order chi connectivity index (χ0) is 13.9. The Morgan fingerprint density at radius 3 is 2.63 bits per heavy atom. The molecule has 0 aromatic rings. The van der Waals surface area contributed by atoms with E-state index < -0.39 is 11.4 Å². The summed E-state index contributed by atoms with van der Waals surface area (Å²) in [7, 11) is 0. The number of carboxylic acids is 1. The first kappa shape index (κ1) is 14.3. The van der Waals surface area contributed by atoms with Crippen LogP contribution < -0.4 is 5.32 Å². The molecule has 0 aliphatic carbocycles. The number of piperidine rings is 1. The van der Waals surface area contributed by atoms with Crippen molar-refractivity contribution in [3.05, 3.63) is 0 Å². The van der Waals surface area contributed by atoms with Gasteiger partial charge in [-0.25, -0.2) is 0 Å². The molecule has 2 rings (SSSR count). The summed E-state index contributed by atoms with van der Waals surface area (Å²) in [6.45, 7) is 5.02. The van der Waals surface area contributed by atoms with Crippen LogP contribution in [0.5, 0.6) is 0 Å². The highest BCUT2D eigenvalue weighted by atomic mass is 16.5. The van der Waals surface area contributed by atoms with Crippen LogP contribution in [-0.2, 0) is 14.3 Å². The number of morpholine rings is 1. The molecule has 1 atom stereocenters. The van der Waals surface area contributed by atoms with E-state index in [1.165, 1.54) is 0 Å². The summed E-state index contributed by atoms with van der Waals surface area (Å²) >= 11 is 0. The lowest BCUT2D eigenvalue weighted by molar-refractivity contribution is -0.153. The zero-order valence-corrected chi connectivity index (χ0v) is 11.4. The van der Waals surface area contributed by atoms with Crippen LogP contribution in [0.2, 0.25) is 0 Å². The number of rotatable bonds is 3. The fourth-order valence-electron chi connectivity index (χ4n) is 2.54. The molecule has 2 saturated heterocycles. The maximum atomic E-state index is 12.1. The normalized spacial score (nSPS) is 27.0. The molecule has 2 fully saturated rings. The summed E-state index contributed by atoms with van der Waals surface area (Å²) in [5, 5.41) is 12.3. The van der Waals surface area contributed by atoms with Gasteiger partial charge in [-0.1, -0.05) is 0 Å². The number of amides is 1. The van der Waals surface area contributed by atoms with Crippen molar-refractivity contribution in [1.82, 2.24) is 10.2 Å². The van der Waals surface area contributed by atoms with Gasteiger partial charge in [0.2, 0.25) is 5.91 Å². The first-order chi connectivity index (χ1) is 9.01. The van der Waals surface area contributed by atoms with Crippen LogP contribution in [-0.4, -0.2) is 60.8 Å². The standard InChI is InChI=1S/C13H22N2O4/c1-13(12(17)18)2-5-15(6-3-13)11(16)8-10-9-14-4-7-19-10/h10,14H,2-9H2,1H3,(H,17,18). The number of ether oxygens (including phenoxy) is 1. The summed E-state index contributed by atoms with van der Waals surface area (Å²) in [5.74, 6) is -0.694. The van der Waals surface area contributed by atoms with Crippen LogP contribution in [0.4, 0.5) is 0 Å². The monoisotopic (exact) mass is 270 g/mol. The van der Waals surface area contributed by atoms with E-state index >= 15 is 0 Å². The van der Waals surface area contributed by atoms with Gasteiger partial charge < -0.3 is 20.1 Å². The second-order valence-corrected chi connectivity index (χ2v) is 5.65. The van der Waals surface area contributed by atoms with E-state index in [0.717, 1.165) is 6.54 Å². The lowest BCUT2D eigenvalue weighted by Gasteiger charge is -2.37. The average molecular weight is 270 g/mol. The van der Waals surface area contributed by atoms with Gasteiger partial charge in [0.15, 0.2) is 0 Å². The third-order valence-electron chi connectivity index (χ3n) is 4.14. The number of hydrogen-bond donors (Lipinski definition) is 2. The third-order valence-corrected chi connectivity index (χ3v) is 4.14. The average Bonchev–Trinajstić information content (AvgIpc) is 2.40. The third kappa shape index (κ3) is 3.45. The van der Waals surface area contributed by atoms with Crippen molar-refractivity contribution in [3.63, 3.8) is 0 Å². The number of hydrogen-bond acceptors (Lipinski definition) is 4. The van der Waals surface area contributed by atoms with Crippen LogP contribution in [0.15, 0.2) is 0 Å². The molecule has 0 radical (unpaired) electrons. The SMILES string of the molecule is CC1(C(=O)O)CCN(C(=O)CC2CNCCO2)CC1. The summed E-state index contributed by atoms with van der Waals surface area (Å²) in [5.41, 5.74) is -0.681. The Kier molecular flexibility index (Phi) is 4.42. The van der Waals surface area contributed by atoms with Gasteiger partial charge in [-0.15, -0.1) is 0 Å². The molecule has 108 valence electrons. The van der Waals surface area contributed by atoms with Crippen molar-refractivity contribution in [3.8, 4) is 0 Å². The van der Waals surface area contributed by atoms with Gasteiger partial charge in [-0.3, -0.25) is 9.59 Å². The fourth-order valence-corrected chi connectivity index (χ4v) is 2.54. The van der Waals surface area contributed by atoms with E-state index in [0.29, 0.717) is 45.5 Å². The van der Waals surface area contributed by atoms with E-state index in [2.05, 4.69) is 5.32 Å². The molecule has 0 aromatic carbocycles. The van der Waals surface area contributed by atoms with Crippen LogP contribution in [0.25, 0.3) is 0 Å². The van der Waals surface area contributed by atoms with Crippen LogP contribution in [0.1, 0.15) is 26.2 Å². The Hall–Kier alpha value is -1.14. The quantitative estimate of drug-likeness (QED) is 0.759. The maximum Gasteiger partial charge on any atom is 0.309 e. The lowest BCUT2D eigenvalue weighted by atomic mass is 9.80. The molecule has 1 amide bonds. The van der Waals surface area contributed by atoms with Crippen molar-refractivity contribution in [2.24, 2.45) is 5.41 Å². The van der Waals surface area contributed by atoms with Gasteiger partial charge >= 0.3 is 5.97 Å². The number of carbonyl (C=O) groups excluding carboxylic acids is 1. The highest BCUT2D eigenvalue weighted by molar-refractivity contribution is 5.78. The van der Waals surface area contributed by atoms with Gasteiger partial charge in [-0.2, -0.15) is 0 Å². The predicted octanol–water partition coefficient (Wildman–Crippen LogP) is 0.0782. The van der Waals surface area contributed by atoms with Gasteiger partial charge in [0.1, 0.15) is 0 Å². The van der Waals surface area contributed by atoms with E-state index in [1.807, 2.05) is 0 Å². The molecule has 0 saturated carbocycles. The zero-order valence-electron chi connectivity index (χ0n) is 11.4. The van der Waals surface area contributed by atoms with Crippen LogP contribution >= 0.6 is 0 Å². The molecule has 2 heterocycles. The summed E-state index contributed by atoms with van der Waals surface area (Å²) < 4.78 is 5.51. The molecule has 2 aliphatic heterocycles. The lowest BCUT2D eigenvalue weighted by Crippen LogP contribution is -2.47.